The van der Waals surface area contributed by atoms with Crippen LogP contribution in [0.1, 0.15) is 54.9 Å². The second-order valence-corrected chi connectivity index (χ2v) is 8.04. The van der Waals surface area contributed by atoms with E-state index in [4.69, 9.17) is 13.6 Å². The molecule has 1 aliphatic carbocycles. The fourth-order valence-corrected chi connectivity index (χ4v) is 3.82. The second-order valence-electron chi connectivity index (χ2n) is 6.75. The number of benzene rings is 1. The number of carbonyl (C=O) groups excluding carboxylic acids is 1. The van der Waals surface area contributed by atoms with Gasteiger partial charge in [-0.05, 0) is 56.0 Å². The Labute approximate surface area is 150 Å². The normalized spacial score (nSPS) is 14.9. The van der Waals surface area contributed by atoms with E-state index in [0.717, 1.165) is 12.7 Å². The van der Waals surface area contributed by atoms with E-state index in [0.29, 0.717) is 43.4 Å². The molecule has 0 aliphatic heterocycles. The van der Waals surface area contributed by atoms with E-state index >= 15 is 0 Å². The van der Waals surface area contributed by atoms with Crippen LogP contribution in [0, 0.1) is 5.41 Å². The number of ether oxygens (including phenoxy) is 1. The zero-order valence-electron chi connectivity index (χ0n) is 14.9. The highest BCUT2D eigenvalue weighted by atomic mass is 28.2. The van der Waals surface area contributed by atoms with Crippen LogP contribution in [0.4, 0.5) is 0 Å². The maximum Gasteiger partial charge on any atom is 0.229 e. The summed E-state index contributed by atoms with van der Waals surface area (Å²) in [5.74, 6) is 1.30. The van der Waals surface area contributed by atoms with Gasteiger partial charge in [-0.1, -0.05) is 19.9 Å². The first-order valence-electron chi connectivity index (χ1n) is 8.38. The van der Waals surface area contributed by atoms with Crippen LogP contribution in [0.5, 0.6) is 5.75 Å². The molecule has 1 aromatic carbocycles. The number of carbonyl (C=O) groups is 1. The van der Waals surface area contributed by atoms with Gasteiger partial charge < -0.3 is 13.6 Å². The molecular weight excluding hydrogens is 336 g/mol. The molecule has 0 N–H and O–H groups in total. The fourth-order valence-electron chi connectivity index (χ4n) is 2.56. The number of hydrogen-bond donors (Lipinski definition) is 0. The summed E-state index contributed by atoms with van der Waals surface area (Å²) in [4.78, 5) is 11.3. The van der Waals surface area contributed by atoms with Crippen molar-refractivity contribution in [1.29, 1.82) is 0 Å². The Morgan fingerprint density at radius 1 is 1.25 bits per heavy atom. The average molecular weight is 363 g/mol. The van der Waals surface area contributed by atoms with Crippen molar-refractivity contribution in [3.05, 3.63) is 29.3 Å². The lowest BCUT2D eigenvalue weighted by atomic mass is 9.89. The minimum atomic E-state index is -0.226. The summed E-state index contributed by atoms with van der Waals surface area (Å²) < 4.78 is 17.4. The van der Waals surface area contributed by atoms with Crippen LogP contribution in [0.15, 0.2) is 18.2 Å². The number of hydrogen-bond acceptors (Lipinski definition) is 4. The maximum absolute atomic E-state index is 11.3. The molecule has 4 radical (unpaired) electrons. The van der Waals surface area contributed by atoms with Crippen LogP contribution in [0.2, 0.25) is 13.1 Å². The fraction of sp³-hybridized carbons (Fsp3) is 0.611. The van der Waals surface area contributed by atoms with Crippen molar-refractivity contribution in [2.75, 3.05) is 6.61 Å². The molecule has 0 heterocycles. The first-order chi connectivity index (χ1) is 11.5. The third kappa shape index (κ3) is 5.27. The van der Waals surface area contributed by atoms with Crippen LogP contribution in [-0.4, -0.2) is 38.7 Å². The summed E-state index contributed by atoms with van der Waals surface area (Å²) in [6.45, 7) is 8.77. The van der Waals surface area contributed by atoms with Crippen molar-refractivity contribution in [2.24, 2.45) is 5.41 Å². The molecule has 130 valence electrons. The van der Waals surface area contributed by atoms with Gasteiger partial charge in [0, 0.05) is 5.41 Å². The summed E-state index contributed by atoms with van der Waals surface area (Å²) in [6.07, 6.45) is 3.90. The van der Waals surface area contributed by atoms with Gasteiger partial charge in [-0.3, -0.25) is 4.79 Å². The topological polar surface area (TPSA) is 44.8 Å². The first kappa shape index (κ1) is 19.4. The minimum absolute atomic E-state index is 0.151. The zero-order valence-corrected chi connectivity index (χ0v) is 16.9. The quantitative estimate of drug-likeness (QED) is 0.341. The largest absolute Gasteiger partial charge is 0.493 e. The molecule has 24 heavy (non-hydrogen) atoms. The number of aldehydes is 1. The molecule has 1 aromatic rings. The van der Waals surface area contributed by atoms with E-state index < -0.39 is 0 Å². The highest BCUT2D eigenvalue weighted by molar-refractivity contribution is 6.26. The highest BCUT2D eigenvalue weighted by Crippen LogP contribution is 2.41. The van der Waals surface area contributed by atoms with Gasteiger partial charge in [-0.2, -0.15) is 0 Å². The van der Waals surface area contributed by atoms with Crippen LogP contribution in [0.25, 0.3) is 0 Å². The van der Waals surface area contributed by atoms with E-state index in [1.54, 1.807) is 0 Å². The predicted molar refractivity (Wildman–Crippen MR) is 96.9 cm³/mol. The van der Waals surface area contributed by atoms with Gasteiger partial charge >= 0.3 is 0 Å². The molecule has 4 nitrogen and oxygen atoms in total. The Morgan fingerprint density at radius 2 is 1.92 bits per heavy atom. The van der Waals surface area contributed by atoms with Gasteiger partial charge in [0.15, 0.2) is 6.29 Å². The molecule has 0 bridgehead atoms. The molecule has 0 unspecified atom stereocenters. The van der Waals surface area contributed by atoms with Crippen molar-refractivity contribution in [3.8, 4) is 5.75 Å². The average Bonchev–Trinajstić information content (AvgIpc) is 3.39. The molecule has 0 amide bonds. The summed E-state index contributed by atoms with van der Waals surface area (Å²) in [6, 6.07) is 5.98. The SMILES string of the molecule is C[Si]OC(O[Si]C)C(C)(C)CCOc1ccc(C2CC2)cc1C=O. The molecule has 0 aromatic heterocycles. The van der Waals surface area contributed by atoms with Crippen LogP contribution < -0.4 is 4.74 Å². The van der Waals surface area contributed by atoms with E-state index in [9.17, 15) is 4.79 Å². The molecule has 0 saturated heterocycles. The Morgan fingerprint density at radius 3 is 2.46 bits per heavy atom. The lowest BCUT2D eigenvalue weighted by Gasteiger charge is -2.34. The summed E-state index contributed by atoms with van der Waals surface area (Å²) >= 11 is 0. The Bertz CT molecular complexity index is 538. The first-order valence-corrected chi connectivity index (χ1v) is 11.2. The van der Waals surface area contributed by atoms with Gasteiger partial charge in [-0.15, -0.1) is 0 Å². The molecule has 1 saturated carbocycles. The monoisotopic (exact) mass is 362 g/mol. The van der Waals surface area contributed by atoms with Crippen molar-refractivity contribution < 1.29 is 18.4 Å². The summed E-state index contributed by atoms with van der Waals surface area (Å²) in [5, 5.41) is 0. The standard InChI is InChI=1S/C18H26O4Si2/c1-18(2,17(21-23-3)22-24-4)9-10-20-16-8-7-14(13-5-6-13)11-15(16)12-19/h7-8,11-13,17H,5-6,9-10H2,1-4H3. The maximum atomic E-state index is 11.3. The van der Waals surface area contributed by atoms with Crippen molar-refractivity contribution in [1.82, 2.24) is 0 Å². The van der Waals surface area contributed by atoms with Gasteiger partial charge in [0.1, 0.15) is 12.0 Å². The summed E-state index contributed by atoms with van der Waals surface area (Å²) in [5.41, 5.74) is 1.74. The molecule has 2 rings (SSSR count). The molecule has 0 atom stereocenters. The zero-order chi connectivity index (χ0) is 17.6. The van der Waals surface area contributed by atoms with Gasteiger partial charge in [-0.25, -0.2) is 0 Å². The third-order valence-corrected chi connectivity index (χ3v) is 5.20. The molecule has 0 spiro atoms. The highest BCUT2D eigenvalue weighted by Gasteiger charge is 2.30. The molecule has 6 heteroatoms. The van der Waals surface area contributed by atoms with E-state index in [-0.39, 0.29) is 11.7 Å². The Kier molecular flexibility index (Phi) is 7.22. The smallest absolute Gasteiger partial charge is 0.229 e. The lowest BCUT2D eigenvalue weighted by molar-refractivity contribution is -0.0854. The molecule has 1 aliphatic rings. The van der Waals surface area contributed by atoms with Crippen LogP contribution >= 0.6 is 0 Å². The Hall–Kier alpha value is -0.956. The molecular formula is C18H26O4Si2. The van der Waals surface area contributed by atoms with Crippen molar-refractivity contribution in [3.63, 3.8) is 0 Å². The van der Waals surface area contributed by atoms with Crippen molar-refractivity contribution >= 4 is 25.8 Å². The Balaban J connectivity index is 1.93. The second kappa shape index (κ2) is 8.94. The van der Waals surface area contributed by atoms with E-state index in [2.05, 4.69) is 19.9 Å². The lowest BCUT2D eigenvalue weighted by Crippen LogP contribution is -2.37. The minimum Gasteiger partial charge on any atom is -0.493 e. The van der Waals surface area contributed by atoms with Crippen LogP contribution in [-0.2, 0) is 8.85 Å². The van der Waals surface area contributed by atoms with Gasteiger partial charge in [0.05, 0.1) is 12.2 Å². The summed E-state index contributed by atoms with van der Waals surface area (Å²) in [7, 11) is 0.783. The molecule has 1 fully saturated rings. The third-order valence-electron chi connectivity index (χ3n) is 4.30. The van der Waals surface area contributed by atoms with E-state index in [1.807, 2.05) is 25.2 Å². The number of rotatable bonds is 11. The van der Waals surface area contributed by atoms with Crippen LogP contribution in [0.3, 0.4) is 0 Å². The predicted octanol–water partition coefficient (Wildman–Crippen LogP) is 3.87. The van der Waals surface area contributed by atoms with Gasteiger partial charge in [0.2, 0.25) is 19.5 Å². The van der Waals surface area contributed by atoms with Gasteiger partial charge in [0.25, 0.3) is 0 Å². The van der Waals surface area contributed by atoms with Crippen molar-refractivity contribution in [2.45, 2.75) is 58.4 Å². The van der Waals surface area contributed by atoms with E-state index in [1.165, 1.54) is 18.4 Å².